The van der Waals surface area contributed by atoms with Gasteiger partial charge in [-0.3, -0.25) is 9.78 Å². The molecule has 0 aliphatic heterocycles. The summed E-state index contributed by atoms with van der Waals surface area (Å²) >= 11 is 5.94. The highest BCUT2D eigenvalue weighted by Gasteiger charge is 2.17. The van der Waals surface area contributed by atoms with Crippen LogP contribution in [0.3, 0.4) is 0 Å². The minimum absolute atomic E-state index is 0.265. The van der Waals surface area contributed by atoms with Crippen LogP contribution < -0.4 is 11.2 Å². The monoisotopic (exact) mass is 353 g/mol. The van der Waals surface area contributed by atoms with Gasteiger partial charge in [0.2, 0.25) is 0 Å². The number of hydrogen-bond donors (Lipinski definition) is 1. The molecule has 0 atom stereocenters. The average molecular weight is 354 g/mol. The van der Waals surface area contributed by atoms with Crippen LogP contribution in [0.1, 0.15) is 5.69 Å². The van der Waals surface area contributed by atoms with Crippen LogP contribution in [0.25, 0.3) is 22.3 Å². The average Bonchev–Trinajstić information content (AvgIpc) is 2.99. The van der Waals surface area contributed by atoms with Gasteiger partial charge in [0.25, 0.3) is 5.56 Å². The lowest BCUT2D eigenvalue weighted by atomic mass is 10.2. The van der Waals surface area contributed by atoms with Crippen LogP contribution in [0.4, 0.5) is 0 Å². The van der Waals surface area contributed by atoms with Crippen molar-refractivity contribution in [1.29, 1.82) is 0 Å². The van der Waals surface area contributed by atoms with Crippen molar-refractivity contribution in [3.8, 4) is 11.4 Å². The van der Waals surface area contributed by atoms with Gasteiger partial charge < -0.3 is 4.98 Å². The second-order valence-corrected chi connectivity index (χ2v) is 5.96. The molecular formula is C17H12ClN5O2. The number of H-pyrrole nitrogens is 1. The van der Waals surface area contributed by atoms with E-state index in [0.29, 0.717) is 10.7 Å². The molecule has 1 N–H and O–H groups in total. The minimum Gasteiger partial charge on any atom is -0.309 e. The molecule has 0 amide bonds. The number of hydrogen-bond acceptors (Lipinski definition) is 4. The van der Waals surface area contributed by atoms with E-state index in [1.807, 2.05) is 24.3 Å². The fourth-order valence-electron chi connectivity index (χ4n) is 2.79. The Bertz CT molecular complexity index is 1220. The maximum atomic E-state index is 13.1. The summed E-state index contributed by atoms with van der Waals surface area (Å²) in [5.41, 5.74) is 0.684. The Kier molecular flexibility index (Phi) is 3.51. The molecule has 0 radical (unpaired) electrons. The molecule has 7 nitrogen and oxygen atoms in total. The molecule has 8 heteroatoms. The van der Waals surface area contributed by atoms with Crippen molar-refractivity contribution in [2.75, 3.05) is 0 Å². The number of halogens is 1. The summed E-state index contributed by atoms with van der Waals surface area (Å²) in [6, 6.07) is 9.02. The van der Waals surface area contributed by atoms with Crippen LogP contribution in [0, 0.1) is 6.92 Å². The van der Waals surface area contributed by atoms with Crippen molar-refractivity contribution in [2.45, 2.75) is 6.92 Å². The van der Waals surface area contributed by atoms with E-state index in [1.165, 1.54) is 23.1 Å². The first-order valence-corrected chi connectivity index (χ1v) is 7.84. The maximum absolute atomic E-state index is 13.1. The van der Waals surface area contributed by atoms with E-state index in [9.17, 15) is 9.59 Å². The SMILES string of the molecule is Cc1[nH]c(=O)n(-c2cncc(Cl)c2)c(=O)c1-n1ncc2ccccc21. The standard InChI is InChI=1S/C17H12ClN5O2/c1-10-15(23-14-5-3-2-4-11(14)7-20-23)16(24)22(17(25)21-10)13-6-12(18)8-19-9-13/h2-9H,1H3,(H,21,25). The Morgan fingerprint density at radius 1 is 1.12 bits per heavy atom. The fourth-order valence-corrected chi connectivity index (χ4v) is 2.96. The van der Waals surface area contributed by atoms with Crippen LogP contribution >= 0.6 is 11.6 Å². The summed E-state index contributed by atoms with van der Waals surface area (Å²) in [5.74, 6) is 0. The van der Waals surface area contributed by atoms with Gasteiger partial charge in [0, 0.05) is 17.3 Å². The molecular weight excluding hydrogens is 342 g/mol. The highest BCUT2D eigenvalue weighted by Crippen LogP contribution is 2.17. The van der Waals surface area contributed by atoms with Crippen LogP contribution in [0.2, 0.25) is 5.02 Å². The van der Waals surface area contributed by atoms with Gasteiger partial charge in [0.1, 0.15) is 0 Å². The van der Waals surface area contributed by atoms with Crippen molar-refractivity contribution in [2.24, 2.45) is 0 Å². The van der Waals surface area contributed by atoms with Crippen LogP contribution in [0.15, 0.2) is 58.5 Å². The number of nitrogens with one attached hydrogen (secondary N) is 1. The van der Waals surface area contributed by atoms with Gasteiger partial charge in [0.05, 0.1) is 28.6 Å². The zero-order valence-corrected chi connectivity index (χ0v) is 13.9. The molecule has 3 aromatic heterocycles. The van der Waals surface area contributed by atoms with Gasteiger partial charge in [-0.05, 0) is 19.1 Å². The largest absolute Gasteiger partial charge is 0.333 e. The number of pyridine rings is 1. The molecule has 0 saturated carbocycles. The van der Waals surface area contributed by atoms with E-state index >= 15 is 0 Å². The molecule has 3 heterocycles. The Labute approximate surface area is 146 Å². The normalized spacial score (nSPS) is 11.1. The van der Waals surface area contributed by atoms with Crippen LogP contribution in [0.5, 0.6) is 0 Å². The summed E-state index contributed by atoms with van der Waals surface area (Å²) in [4.78, 5) is 32.1. The van der Waals surface area contributed by atoms with Crippen LogP contribution in [-0.4, -0.2) is 24.3 Å². The second-order valence-electron chi connectivity index (χ2n) is 5.52. The van der Waals surface area contributed by atoms with Crippen molar-refractivity contribution >= 4 is 22.5 Å². The number of benzene rings is 1. The zero-order chi connectivity index (χ0) is 17.6. The Morgan fingerprint density at radius 3 is 2.72 bits per heavy atom. The summed E-state index contributed by atoms with van der Waals surface area (Å²) in [6.07, 6.45) is 4.51. The molecule has 0 aliphatic rings. The predicted molar refractivity (Wildman–Crippen MR) is 94.8 cm³/mol. The van der Waals surface area contributed by atoms with E-state index in [0.717, 1.165) is 15.5 Å². The molecule has 0 fully saturated rings. The van der Waals surface area contributed by atoms with Gasteiger partial charge in [-0.2, -0.15) is 5.10 Å². The topological polar surface area (TPSA) is 85.6 Å². The van der Waals surface area contributed by atoms with E-state index in [-0.39, 0.29) is 11.4 Å². The number of fused-ring (bicyclic) bond motifs is 1. The van der Waals surface area contributed by atoms with Gasteiger partial charge in [0.15, 0.2) is 5.69 Å². The molecule has 124 valence electrons. The molecule has 25 heavy (non-hydrogen) atoms. The number of aromatic nitrogens is 5. The molecule has 0 unspecified atom stereocenters. The number of para-hydroxylation sites is 1. The first-order valence-electron chi connectivity index (χ1n) is 7.46. The van der Waals surface area contributed by atoms with E-state index in [2.05, 4.69) is 15.1 Å². The summed E-state index contributed by atoms with van der Waals surface area (Å²) in [7, 11) is 0. The lowest BCUT2D eigenvalue weighted by Gasteiger charge is -2.11. The van der Waals surface area contributed by atoms with E-state index in [1.54, 1.807) is 13.1 Å². The van der Waals surface area contributed by atoms with E-state index < -0.39 is 11.2 Å². The first kappa shape index (κ1) is 15.3. The fraction of sp³-hybridized carbons (Fsp3) is 0.0588. The smallest absolute Gasteiger partial charge is 0.309 e. The van der Waals surface area contributed by atoms with Gasteiger partial charge >= 0.3 is 5.69 Å². The van der Waals surface area contributed by atoms with Crippen molar-refractivity contribution in [1.82, 2.24) is 24.3 Å². The van der Waals surface area contributed by atoms with E-state index in [4.69, 9.17) is 11.6 Å². The Hall–Kier alpha value is -3.19. The summed E-state index contributed by atoms with van der Waals surface area (Å²) in [5, 5.41) is 5.53. The van der Waals surface area contributed by atoms with Gasteiger partial charge in [-0.1, -0.05) is 29.8 Å². The quantitative estimate of drug-likeness (QED) is 0.598. The summed E-state index contributed by atoms with van der Waals surface area (Å²) < 4.78 is 2.52. The third kappa shape index (κ3) is 2.45. The minimum atomic E-state index is -0.563. The highest BCUT2D eigenvalue weighted by atomic mass is 35.5. The van der Waals surface area contributed by atoms with Crippen molar-refractivity contribution in [3.05, 3.63) is 80.5 Å². The zero-order valence-electron chi connectivity index (χ0n) is 13.1. The number of aromatic amines is 1. The Morgan fingerprint density at radius 2 is 1.92 bits per heavy atom. The number of aryl methyl sites for hydroxylation is 1. The highest BCUT2D eigenvalue weighted by molar-refractivity contribution is 6.30. The predicted octanol–water partition coefficient (Wildman–Crippen LogP) is 2.22. The van der Waals surface area contributed by atoms with Gasteiger partial charge in [-0.25, -0.2) is 14.0 Å². The van der Waals surface area contributed by atoms with Crippen molar-refractivity contribution < 1.29 is 0 Å². The summed E-state index contributed by atoms with van der Waals surface area (Å²) in [6.45, 7) is 1.66. The molecule has 1 aromatic carbocycles. The van der Waals surface area contributed by atoms with Crippen LogP contribution in [-0.2, 0) is 0 Å². The molecule has 0 spiro atoms. The number of rotatable bonds is 2. The van der Waals surface area contributed by atoms with Crippen molar-refractivity contribution in [3.63, 3.8) is 0 Å². The molecule has 0 saturated heterocycles. The number of nitrogens with zero attached hydrogens (tertiary/aromatic N) is 4. The second kappa shape index (κ2) is 5.71. The molecule has 4 rings (SSSR count). The third-order valence-electron chi connectivity index (χ3n) is 3.90. The lowest BCUT2D eigenvalue weighted by molar-refractivity contribution is 0.793. The first-order chi connectivity index (χ1) is 12.1. The molecule has 0 aliphatic carbocycles. The van der Waals surface area contributed by atoms with Gasteiger partial charge in [-0.15, -0.1) is 0 Å². The molecule has 0 bridgehead atoms. The lowest BCUT2D eigenvalue weighted by Crippen LogP contribution is -2.37. The third-order valence-corrected chi connectivity index (χ3v) is 4.10. The Balaban J connectivity index is 2.07. The molecule has 4 aromatic rings. The maximum Gasteiger partial charge on any atom is 0.333 e.